The van der Waals surface area contributed by atoms with E-state index in [4.69, 9.17) is 21.8 Å². The van der Waals surface area contributed by atoms with Gasteiger partial charge in [-0.15, -0.1) is 0 Å². The summed E-state index contributed by atoms with van der Waals surface area (Å²) in [4.78, 5) is 0.124. The first kappa shape index (κ1) is 15.1. The third kappa shape index (κ3) is 3.61. The molecule has 0 saturated carbocycles. The number of benzene rings is 1. The third-order valence-corrected chi connectivity index (χ3v) is 4.61. The van der Waals surface area contributed by atoms with E-state index in [2.05, 4.69) is 4.72 Å². The van der Waals surface area contributed by atoms with Crippen molar-refractivity contribution >= 4 is 21.6 Å². The van der Waals surface area contributed by atoms with Gasteiger partial charge in [-0.2, -0.15) is 0 Å². The maximum Gasteiger partial charge on any atom is 0.240 e. The molecule has 0 atom stereocenters. The number of nitrogens with two attached hydrogens (primary N) is 1. The van der Waals surface area contributed by atoms with E-state index in [1.165, 1.54) is 12.1 Å². The van der Waals surface area contributed by atoms with Gasteiger partial charge >= 0.3 is 0 Å². The maximum absolute atomic E-state index is 12.1. The highest BCUT2D eigenvalue weighted by Crippen LogP contribution is 2.20. The molecule has 7 heteroatoms. The predicted octanol–water partition coefficient (Wildman–Crippen LogP) is 1.91. The molecule has 2 rings (SSSR count). The van der Waals surface area contributed by atoms with E-state index in [1.54, 1.807) is 24.5 Å². The lowest BCUT2D eigenvalue weighted by Crippen LogP contribution is -2.26. The molecule has 0 spiro atoms. The molecule has 1 aromatic carbocycles. The Morgan fingerprint density at radius 3 is 2.70 bits per heavy atom. The number of nitrogens with one attached hydrogen (secondary N) is 1. The highest BCUT2D eigenvalue weighted by atomic mass is 35.5. The van der Waals surface area contributed by atoms with Crippen molar-refractivity contribution in [1.29, 1.82) is 0 Å². The molecule has 0 amide bonds. The summed E-state index contributed by atoms with van der Waals surface area (Å²) in [5, 5.41) is 0.349. The van der Waals surface area contributed by atoms with E-state index in [1.807, 2.05) is 0 Å². The van der Waals surface area contributed by atoms with Gasteiger partial charge in [-0.3, -0.25) is 0 Å². The van der Waals surface area contributed by atoms with Crippen LogP contribution >= 0.6 is 11.6 Å². The fourth-order valence-electron chi connectivity index (χ4n) is 1.71. The zero-order valence-corrected chi connectivity index (χ0v) is 12.2. The molecule has 0 fully saturated rings. The number of halogens is 1. The van der Waals surface area contributed by atoms with Gasteiger partial charge in [0.25, 0.3) is 0 Å². The topological polar surface area (TPSA) is 85.3 Å². The average Bonchev–Trinajstić information content (AvgIpc) is 2.91. The molecule has 3 N–H and O–H groups in total. The molecule has 2 aromatic rings. The second kappa shape index (κ2) is 6.41. The summed E-state index contributed by atoms with van der Waals surface area (Å²) < 4.78 is 31.8. The molecule has 108 valence electrons. The summed E-state index contributed by atoms with van der Waals surface area (Å²) in [6.07, 6.45) is 2.04. The fourth-order valence-corrected chi connectivity index (χ4v) is 3.09. The van der Waals surface area contributed by atoms with Crippen molar-refractivity contribution in [3.63, 3.8) is 0 Å². The van der Waals surface area contributed by atoms with Crippen LogP contribution in [0.2, 0.25) is 5.02 Å². The normalized spacial score (nSPS) is 11.7. The monoisotopic (exact) mass is 314 g/mol. The number of furan rings is 1. The van der Waals surface area contributed by atoms with Crippen LogP contribution in [0.4, 0.5) is 0 Å². The van der Waals surface area contributed by atoms with E-state index < -0.39 is 10.0 Å². The molecule has 5 nitrogen and oxygen atoms in total. The van der Waals surface area contributed by atoms with E-state index in [0.29, 0.717) is 17.0 Å². The Balaban J connectivity index is 2.04. The van der Waals surface area contributed by atoms with Gasteiger partial charge < -0.3 is 10.2 Å². The third-order valence-electron chi connectivity index (χ3n) is 2.80. The van der Waals surface area contributed by atoms with Crippen molar-refractivity contribution in [3.05, 3.63) is 52.9 Å². The number of sulfonamides is 1. The summed E-state index contributed by atoms with van der Waals surface area (Å²) in [7, 11) is -3.58. The van der Waals surface area contributed by atoms with Crippen molar-refractivity contribution in [3.8, 4) is 0 Å². The van der Waals surface area contributed by atoms with Crippen LogP contribution < -0.4 is 10.5 Å². The van der Waals surface area contributed by atoms with Gasteiger partial charge in [0.1, 0.15) is 5.76 Å². The molecular weight excluding hydrogens is 300 g/mol. The summed E-state index contributed by atoms with van der Waals surface area (Å²) in [5.41, 5.74) is 6.19. The standard InChI is InChI=1S/C13H15ClN2O3S/c14-13-8-12(4-3-10(13)9-15)20(17,18)16-6-5-11-2-1-7-19-11/h1-4,7-8,16H,5-6,9,15H2. The fraction of sp³-hybridized carbons (Fsp3) is 0.231. The van der Waals surface area contributed by atoms with Crippen LogP contribution in [0.5, 0.6) is 0 Å². The summed E-state index contributed by atoms with van der Waals surface area (Å²) in [5.74, 6) is 0.726. The molecule has 0 bridgehead atoms. The zero-order valence-electron chi connectivity index (χ0n) is 10.7. The second-order valence-corrected chi connectivity index (χ2v) is 6.36. The van der Waals surface area contributed by atoms with Crippen molar-refractivity contribution in [1.82, 2.24) is 4.72 Å². The zero-order chi connectivity index (χ0) is 14.6. The van der Waals surface area contributed by atoms with Crippen LogP contribution in [0.25, 0.3) is 0 Å². The van der Waals surface area contributed by atoms with Crippen molar-refractivity contribution in [2.24, 2.45) is 5.73 Å². The van der Waals surface area contributed by atoms with Crippen LogP contribution in [0.1, 0.15) is 11.3 Å². The molecule has 1 aromatic heterocycles. The SMILES string of the molecule is NCc1ccc(S(=O)(=O)NCCc2ccco2)cc1Cl. The Morgan fingerprint density at radius 2 is 2.10 bits per heavy atom. The number of hydrogen-bond acceptors (Lipinski definition) is 4. The van der Waals surface area contributed by atoms with Gasteiger partial charge in [-0.25, -0.2) is 13.1 Å². The van der Waals surface area contributed by atoms with Crippen LogP contribution in [-0.2, 0) is 23.0 Å². The Hall–Kier alpha value is -1.34. The van der Waals surface area contributed by atoms with Crippen LogP contribution in [0.15, 0.2) is 45.9 Å². The Kier molecular flexibility index (Phi) is 4.82. The maximum atomic E-state index is 12.1. The lowest BCUT2D eigenvalue weighted by Gasteiger charge is -2.08. The van der Waals surface area contributed by atoms with E-state index >= 15 is 0 Å². The van der Waals surface area contributed by atoms with E-state index in [0.717, 1.165) is 5.76 Å². The van der Waals surface area contributed by atoms with E-state index in [-0.39, 0.29) is 18.0 Å². The molecule has 0 aliphatic heterocycles. The largest absolute Gasteiger partial charge is 0.469 e. The lowest BCUT2D eigenvalue weighted by molar-refractivity contribution is 0.506. The molecule has 0 aliphatic rings. The van der Waals surface area contributed by atoms with Gasteiger partial charge in [0, 0.05) is 24.5 Å². The number of rotatable bonds is 6. The molecule has 0 unspecified atom stereocenters. The second-order valence-electron chi connectivity index (χ2n) is 4.18. The van der Waals surface area contributed by atoms with Gasteiger partial charge in [-0.1, -0.05) is 17.7 Å². The minimum absolute atomic E-state index is 0.124. The van der Waals surface area contributed by atoms with Crippen molar-refractivity contribution in [2.45, 2.75) is 17.9 Å². The molecule has 1 heterocycles. The first-order chi connectivity index (χ1) is 9.53. The summed E-state index contributed by atoms with van der Waals surface area (Å²) >= 11 is 5.96. The van der Waals surface area contributed by atoms with Gasteiger partial charge in [0.2, 0.25) is 10.0 Å². The molecule has 20 heavy (non-hydrogen) atoms. The lowest BCUT2D eigenvalue weighted by atomic mass is 10.2. The highest BCUT2D eigenvalue weighted by Gasteiger charge is 2.15. The van der Waals surface area contributed by atoms with Crippen LogP contribution in [0, 0.1) is 0 Å². The molecule has 0 aliphatic carbocycles. The van der Waals surface area contributed by atoms with Crippen molar-refractivity contribution in [2.75, 3.05) is 6.54 Å². The Bertz CT molecular complexity index is 669. The molecule has 0 radical (unpaired) electrons. The number of hydrogen-bond donors (Lipinski definition) is 2. The first-order valence-electron chi connectivity index (χ1n) is 6.03. The summed E-state index contributed by atoms with van der Waals surface area (Å²) in [6, 6.07) is 8.06. The average molecular weight is 315 g/mol. The Morgan fingerprint density at radius 1 is 1.30 bits per heavy atom. The van der Waals surface area contributed by atoms with Crippen molar-refractivity contribution < 1.29 is 12.8 Å². The summed E-state index contributed by atoms with van der Waals surface area (Å²) in [6.45, 7) is 0.525. The smallest absolute Gasteiger partial charge is 0.240 e. The predicted molar refractivity (Wildman–Crippen MR) is 76.9 cm³/mol. The highest BCUT2D eigenvalue weighted by molar-refractivity contribution is 7.89. The molecule has 0 saturated heterocycles. The van der Waals surface area contributed by atoms with Gasteiger partial charge in [0.15, 0.2) is 0 Å². The van der Waals surface area contributed by atoms with Crippen LogP contribution in [-0.4, -0.2) is 15.0 Å². The van der Waals surface area contributed by atoms with E-state index in [9.17, 15) is 8.42 Å². The Labute approximate surface area is 122 Å². The quantitative estimate of drug-likeness (QED) is 0.853. The van der Waals surface area contributed by atoms with Crippen LogP contribution in [0.3, 0.4) is 0 Å². The van der Waals surface area contributed by atoms with Gasteiger partial charge in [0.05, 0.1) is 11.2 Å². The van der Waals surface area contributed by atoms with Gasteiger partial charge in [-0.05, 0) is 29.8 Å². The minimum atomic E-state index is -3.58. The first-order valence-corrected chi connectivity index (χ1v) is 7.89. The minimum Gasteiger partial charge on any atom is -0.469 e. The molecular formula is C13H15ClN2O3S.